The van der Waals surface area contributed by atoms with Gasteiger partial charge in [-0.3, -0.25) is 4.79 Å². The molecule has 90 valence electrons. The quantitative estimate of drug-likeness (QED) is 0.793. The van der Waals surface area contributed by atoms with Crippen LogP contribution in [0.5, 0.6) is 0 Å². The lowest BCUT2D eigenvalue weighted by Crippen LogP contribution is -2.31. The molecule has 4 heteroatoms. The molecule has 1 amide bonds. The van der Waals surface area contributed by atoms with Crippen LogP contribution in [0, 0.1) is 17.7 Å². The molecule has 1 saturated heterocycles. The Hall–Kier alpha value is -1.09. The number of likely N-dealkylation sites (tertiary alicyclic amines) is 1. The van der Waals surface area contributed by atoms with Gasteiger partial charge in [0.25, 0.3) is 0 Å². The van der Waals surface area contributed by atoms with E-state index in [-0.39, 0.29) is 18.1 Å². The zero-order valence-corrected chi connectivity index (χ0v) is 10.1. The van der Waals surface area contributed by atoms with E-state index < -0.39 is 0 Å². The Balaban J connectivity index is 1.67. The third kappa shape index (κ3) is 2.16. The summed E-state index contributed by atoms with van der Waals surface area (Å²) in [5.41, 5.74) is 0.707. The number of rotatable bonds is 2. The van der Waals surface area contributed by atoms with Crippen molar-refractivity contribution in [1.29, 1.82) is 0 Å². The summed E-state index contributed by atoms with van der Waals surface area (Å²) >= 11 is 5.91. The molecule has 2 atom stereocenters. The van der Waals surface area contributed by atoms with E-state index in [4.69, 9.17) is 11.6 Å². The SMILES string of the molecule is O=C(Cc1ccc(F)cc1Cl)N1CC2CC2C1. The largest absolute Gasteiger partial charge is 0.342 e. The maximum absolute atomic E-state index is 12.9. The minimum absolute atomic E-state index is 0.103. The van der Waals surface area contributed by atoms with Crippen LogP contribution in [-0.2, 0) is 11.2 Å². The molecule has 0 aromatic heterocycles. The number of fused-ring (bicyclic) bond motifs is 1. The van der Waals surface area contributed by atoms with Gasteiger partial charge in [0.2, 0.25) is 5.91 Å². The summed E-state index contributed by atoms with van der Waals surface area (Å²) in [6.07, 6.45) is 1.56. The summed E-state index contributed by atoms with van der Waals surface area (Å²) in [7, 11) is 0. The van der Waals surface area contributed by atoms with Crippen molar-refractivity contribution in [3.05, 3.63) is 34.6 Å². The van der Waals surface area contributed by atoms with Gasteiger partial charge in [-0.1, -0.05) is 17.7 Å². The lowest BCUT2D eigenvalue weighted by Gasteiger charge is -2.18. The summed E-state index contributed by atoms with van der Waals surface area (Å²) in [4.78, 5) is 13.9. The van der Waals surface area contributed by atoms with Crippen molar-refractivity contribution in [3.63, 3.8) is 0 Å². The van der Waals surface area contributed by atoms with Crippen molar-refractivity contribution in [2.75, 3.05) is 13.1 Å². The van der Waals surface area contributed by atoms with Crippen LogP contribution in [-0.4, -0.2) is 23.9 Å². The summed E-state index contributed by atoms with van der Waals surface area (Å²) < 4.78 is 12.9. The first kappa shape index (κ1) is 11.0. The van der Waals surface area contributed by atoms with Crippen LogP contribution in [0.2, 0.25) is 5.02 Å². The molecule has 2 fully saturated rings. The molecule has 0 radical (unpaired) electrons. The van der Waals surface area contributed by atoms with E-state index >= 15 is 0 Å². The third-order valence-corrected chi connectivity index (χ3v) is 4.04. The Labute approximate surface area is 104 Å². The molecule has 1 saturated carbocycles. The number of amides is 1. The number of carbonyl (C=O) groups excluding carboxylic acids is 1. The van der Waals surface area contributed by atoms with Gasteiger partial charge in [0.15, 0.2) is 0 Å². The predicted molar refractivity (Wildman–Crippen MR) is 63.3 cm³/mol. The molecule has 0 spiro atoms. The van der Waals surface area contributed by atoms with Gasteiger partial charge in [-0.2, -0.15) is 0 Å². The minimum Gasteiger partial charge on any atom is -0.342 e. The highest BCUT2D eigenvalue weighted by Crippen LogP contribution is 2.44. The maximum atomic E-state index is 12.9. The van der Waals surface area contributed by atoms with Gasteiger partial charge in [0.05, 0.1) is 6.42 Å². The average molecular weight is 254 g/mol. The van der Waals surface area contributed by atoms with Crippen LogP contribution >= 0.6 is 11.6 Å². The zero-order chi connectivity index (χ0) is 12.0. The van der Waals surface area contributed by atoms with Gasteiger partial charge >= 0.3 is 0 Å². The molecule has 0 bridgehead atoms. The van der Waals surface area contributed by atoms with Crippen molar-refractivity contribution in [2.24, 2.45) is 11.8 Å². The van der Waals surface area contributed by atoms with Crippen molar-refractivity contribution in [1.82, 2.24) is 4.90 Å². The van der Waals surface area contributed by atoms with Crippen LogP contribution in [0.25, 0.3) is 0 Å². The Bertz CT molecular complexity index is 466. The first-order valence-corrected chi connectivity index (χ1v) is 6.23. The van der Waals surface area contributed by atoms with Crippen LogP contribution in [0.4, 0.5) is 4.39 Å². The highest BCUT2D eigenvalue weighted by Gasteiger charge is 2.46. The third-order valence-electron chi connectivity index (χ3n) is 3.69. The molecule has 2 nitrogen and oxygen atoms in total. The van der Waals surface area contributed by atoms with Crippen LogP contribution in [0.3, 0.4) is 0 Å². The molecule has 2 unspecified atom stereocenters. The van der Waals surface area contributed by atoms with Crippen LogP contribution < -0.4 is 0 Å². The number of carbonyl (C=O) groups is 1. The number of hydrogen-bond donors (Lipinski definition) is 0. The molecule has 1 aromatic rings. The Morgan fingerprint density at radius 1 is 1.41 bits per heavy atom. The fraction of sp³-hybridized carbons (Fsp3) is 0.462. The molecule has 17 heavy (non-hydrogen) atoms. The van der Waals surface area contributed by atoms with Gasteiger partial charge in [0, 0.05) is 18.1 Å². The van der Waals surface area contributed by atoms with Crippen molar-refractivity contribution < 1.29 is 9.18 Å². The topological polar surface area (TPSA) is 20.3 Å². The molecule has 0 N–H and O–H groups in total. The first-order chi connectivity index (χ1) is 8.13. The molecule has 1 aromatic carbocycles. The highest BCUT2D eigenvalue weighted by molar-refractivity contribution is 6.31. The van der Waals surface area contributed by atoms with E-state index in [2.05, 4.69) is 0 Å². The Morgan fingerprint density at radius 3 is 2.76 bits per heavy atom. The molecular formula is C13H13ClFNO. The second-order valence-electron chi connectivity index (χ2n) is 4.97. The summed E-state index contributed by atoms with van der Waals surface area (Å²) in [5, 5.41) is 0.336. The van der Waals surface area contributed by atoms with Crippen LogP contribution in [0.15, 0.2) is 18.2 Å². The van der Waals surface area contributed by atoms with E-state index in [1.54, 1.807) is 6.07 Å². The Morgan fingerprint density at radius 2 is 2.12 bits per heavy atom. The number of piperidine rings is 1. The standard InChI is InChI=1S/C13H13ClFNO/c14-12-5-11(15)2-1-8(12)4-13(17)16-6-9-3-10(9)7-16/h1-2,5,9-10H,3-4,6-7H2. The normalized spacial score (nSPS) is 25.9. The second-order valence-corrected chi connectivity index (χ2v) is 5.37. The van der Waals surface area contributed by atoms with E-state index in [0.717, 1.165) is 24.9 Å². The summed E-state index contributed by atoms with van der Waals surface area (Å²) in [6.45, 7) is 1.78. The van der Waals surface area contributed by atoms with Crippen molar-refractivity contribution >= 4 is 17.5 Å². The highest BCUT2D eigenvalue weighted by atomic mass is 35.5. The fourth-order valence-electron chi connectivity index (χ4n) is 2.54. The van der Waals surface area contributed by atoms with E-state index in [9.17, 15) is 9.18 Å². The number of halogens is 2. The monoisotopic (exact) mass is 253 g/mol. The lowest BCUT2D eigenvalue weighted by molar-refractivity contribution is -0.129. The van der Waals surface area contributed by atoms with Crippen molar-refractivity contribution in [2.45, 2.75) is 12.8 Å². The van der Waals surface area contributed by atoms with Crippen molar-refractivity contribution in [3.8, 4) is 0 Å². The lowest BCUT2D eigenvalue weighted by atomic mass is 10.1. The molecule has 2 aliphatic rings. The molecule has 1 heterocycles. The first-order valence-electron chi connectivity index (χ1n) is 5.85. The second kappa shape index (κ2) is 3.98. The maximum Gasteiger partial charge on any atom is 0.227 e. The summed E-state index contributed by atoms with van der Waals surface area (Å²) in [5.74, 6) is 1.21. The van der Waals surface area contributed by atoms with Crippen LogP contribution in [0.1, 0.15) is 12.0 Å². The number of hydrogen-bond acceptors (Lipinski definition) is 1. The minimum atomic E-state index is -0.367. The Kier molecular flexibility index (Phi) is 2.58. The zero-order valence-electron chi connectivity index (χ0n) is 9.33. The van der Waals surface area contributed by atoms with Gasteiger partial charge in [-0.25, -0.2) is 4.39 Å². The van der Waals surface area contributed by atoms with Gasteiger partial charge in [0.1, 0.15) is 5.82 Å². The molecule has 1 aliphatic carbocycles. The summed E-state index contributed by atoms with van der Waals surface area (Å²) in [6, 6.07) is 4.19. The van der Waals surface area contributed by atoms with Gasteiger partial charge in [-0.05, 0) is 36.0 Å². The predicted octanol–water partition coefficient (Wildman–Crippen LogP) is 2.50. The number of nitrogens with zero attached hydrogens (tertiary/aromatic N) is 1. The van der Waals surface area contributed by atoms with E-state index in [1.807, 2.05) is 4.90 Å². The van der Waals surface area contributed by atoms with Gasteiger partial charge in [-0.15, -0.1) is 0 Å². The van der Waals surface area contributed by atoms with E-state index in [0.29, 0.717) is 10.6 Å². The smallest absolute Gasteiger partial charge is 0.227 e. The fourth-order valence-corrected chi connectivity index (χ4v) is 2.78. The average Bonchev–Trinajstić information content (AvgIpc) is 2.89. The molecular weight excluding hydrogens is 241 g/mol. The van der Waals surface area contributed by atoms with E-state index in [1.165, 1.54) is 18.6 Å². The molecule has 1 aliphatic heterocycles. The number of benzene rings is 1. The molecule has 3 rings (SSSR count). The van der Waals surface area contributed by atoms with Gasteiger partial charge < -0.3 is 4.90 Å².